The zero-order valence-electron chi connectivity index (χ0n) is 12.5. The van der Waals surface area contributed by atoms with Crippen molar-refractivity contribution in [2.45, 2.75) is 65.1 Å². The average Bonchev–Trinajstić information content (AvgIpc) is 2.81. The van der Waals surface area contributed by atoms with E-state index in [0.29, 0.717) is 23.5 Å². The first-order valence-electron chi connectivity index (χ1n) is 7.59. The summed E-state index contributed by atoms with van der Waals surface area (Å²) < 4.78 is 5.60. The van der Waals surface area contributed by atoms with Crippen LogP contribution in [0.1, 0.15) is 47.0 Å². The molecule has 3 nitrogen and oxygen atoms in total. The van der Waals surface area contributed by atoms with Gasteiger partial charge in [0, 0.05) is 37.8 Å². The van der Waals surface area contributed by atoms with Gasteiger partial charge in [-0.2, -0.15) is 0 Å². The number of hydrogen-bond donors (Lipinski definition) is 1. The highest BCUT2D eigenvalue weighted by molar-refractivity contribution is 4.95. The normalized spacial score (nSPS) is 35.0. The van der Waals surface area contributed by atoms with E-state index < -0.39 is 0 Å². The molecule has 2 aliphatic rings. The van der Waals surface area contributed by atoms with Gasteiger partial charge in [-0.15, -0.1) is 0 Å². The molecule has 3 heteroatoms. The standard InChI is InChI=1S/C15H30N2O/c1-5-6-12-10-17(13-7-8-18-11-13)14(9-16-12)15(2,3)4/h12-14,16H,5-11H2,1-4H3. The van der Waals surface area contributed by atoms with Crippen LogP contribution in [0, 0.1) is 5.41 Å². The maximum Gasteiger partial charge on any atom is 0.0622 e. The Kier molecular flexibility index (Phi) is 4.68. The van der Waals surface area contributed by atoms with Gasteiger partial charge in [-0.25, -0.2) is 0 Å². The monoisotopic (exact) mass is 254 g/mol. The summed E-state index contributed by atoms with van der Waals surface area (Å²) in [6.07, 6.45) is 3.78. The highest BCUT2D eigenvalue weighted by atomic mass is 16.5. The Labute approximate surface area is 112 Å². The van der Waals surface area contributed by atoms with Crippen molar-refractivity contribution < 1.29 is 4.74 Å². The largest absolute Gasteiger partial charge is 0.380 e. The van der Waals surface area contributed by atoms with Crippen molar-refractivity contribution in [3.05, 3.63) is 0 Å². The summed E-state index contributed by atoms with van der Waals surface area (Å²) >= 11 is 0. The lowest BCUT2D eigenvalue weighted by atomic mass is 9.82. The highest BCUT2D eigenvalue weighted by Crippen LogP contribution is 2.30. The molecule has 2 rings (SSSR count). The van der Waals surface area contributed by atoms with Crippen LogP contribution in [0.4, 0.5) is 0 Å². The van der Waals surface area contributed by atoms with Crippen LogP contribution in [-0.2, 0) is 4.74 Å². The Hall–Kier alpha value is -0.120. The summed E-state index contributed by atoms with van der Waals surface area (Å²) in [5.74, 6) is 0. The molecule has 0 aromatic rings. The molecule has 0 radical (unpaired) electrons. The lowest BCUT2D eigenvalue weighted by molar-refractivity contribution is 0.0149. The van der Waals surface area contributed by atoms with Crippen molar-refractivity contribution in [3.63, 3.8) is 0 Å². The zero-order chi connectivity index (χ0) is 13.2. The molecule has 3 unspecified atom stereocenters. The van der Waals surface area contributed by atoms with E-state index in [2.05, 4.69) is 37.9 Å². The SMILES string of the molecule is CCCC1CN(C2CCOC2)C(C(C)(C)C)CN1. The number of ether oxygens (including phenoxy) is 1. The van der Waals surface area contributed by atoms with Crippen LogP contribution < -0.4 is 5.32 Å². The summed E-state index contributed by atoms with van der Waals surface area (Å²) in [4.78, 5) is 2.74. The second-order valence-corrected chi connectivity index (χ2v) is 6.99. The van der Waals surface area contributed by atoms with Gasteiger partial charge in [0.1, 0.15) is 0 Å². The van der Waals surface area contributed by atoms with E-state index in [4.69, 9.17) is 4.74 Å². The third-order valence-corrected chi connectivity index (χ3v) is 4.44. The van der Waals surface area contributed by atoms with E-state index in [0.717, 1.165) is 19.8 Å². The Morgan fingerprint density at radius 2 is 2.11 bits per heavy atom. The summed E-state index contributed by atoms with van der Waals surface area (Å²) in [7, 11) is 0. The van der Waals surface area contributed by atoms with Crippen LogP contribution in [0.3, 0.4) is 0 Å². The molecule has 3 atom stereocenters. The zero-order valence-corrected chi connectivity index (χ0v) is 12.5. The van der Waals surface area contributed by atoms with E-state index in [9.17, 15) is 0 Å². The third-order valence-electron chi connectivity index (χ3n) is 4.44. The van der Waals surface area contributed by atoms with Gasteiger partial charge in [0.2, 0.25) is 0 Å². The minimum absolute atomic E-state index is 0.340. The molecule has 2 fully saturated rings. The molecule has 2 saturated heterocycles. The van der Waals surface area contributed by atoms with E-state index in [1.807, 2.05) is 0 Å². The molecular formula is C15H30N2O. The van der Waals surface area contributed by atoms with Crippen molar-refractivity contribution in [1.29, 1.82) is 0 Å². The lowest BCUT2D eigenvalue weighted by Crippen LogP contribution is -2.63. The van der Waals surface area contributed by atoms with Crippen LogP contribution in [-0.4, -0.2) is 49.3 Å². The highest BCUT2D eigenvalue weighted by Gasteiger charge is 2.39. The van der Waals surface area contributed by atoms with Gasteiger partial charge >= 0.3 is 0 Å². The Morgan fingerprint density at radius 1 is 1.33 bits per heavy atom. The molecule has 2 aliphatic heterocycles. The van der Waals surface area contributed by atoms with Crippen LogP contribution in [0.15, 0.2) is 0 Å². The smallest absolute Gasteiger partial charge is 0.0622 e. The average molecular weight is 254 g/mol. The quantitative estimate of drug-likeness (QED) is 0.836. The Bertz CT molecular complexity index is 256. The Balaban J connectivity index is 2.05. The van der Waals surface area contributed by atoms with E-state index in [1.54, 1.807) is 0 Å². The number of nitrogens with zero attached hydrogens (tertiary/aromatic N) is 1. The molecule has 0 aromatic heterocycles. The molecule has 0 aromatic carbocycles. The summed E-state index contributed by atoms with van der Waals surface area (Å²) in [5.41, 5.74) is 0.340. The molecule has 18 heavy (non-hydrogen) atoms. The van der Waals surface area contributed by atoms with E-state index in [1.165, 1.54) is 25.8 Å². The van der Waals surface area contributed by atoms with Gasteiger partial charge in [0.05, 0.1) is 6.61 Å². The van der Waals surface area contributed by atoms with Crippen molar-refractivity contribution in [2.75, 3.05) is 26.3 Å². The molecule has 0 saturated carbocycles. The van der Waals surface area contributed by atoms with E-state index in [-0.39, 0.29) is 0 Å². The van der Waals surface area contributed by atoms with Crippen molar-refractivity contribution in [2.24, 2.45) is 5.41 Å². The van der Waals surface area contributed by atoms with Crippen LogP contribution in [0.5, 0.6) is 0 Å². The van der Waals surface area contributed by atoms with Crippen LogP contribution >= 0.6 is 0 Å². The Morgan fingerprint density at radius 3 is 2.67 bits per heavy atom. The maximum absolute atomic E-state index is 5.60. The molecule has 0 bridgehead atoms. The van der Waals surface area contributed by atoms with E-state index >= 15 is 0 Å². The first-order chi connectivity index (χ1) is 8.52. The molecular weight excluding hydrogens is 224 g/mol. The first kappa shape index (κ1) is 14.3. The fourth-order valence-corrected chi connectivity index (χ4v) is 3.37. The summed E-state index contributed by atoms with van der Waals surface area (Å²) in [5, 5.41) is 3.75. The second-order valence-electron chi connectivity index (χ2n) is 6.99. The molecule has 0 aliphatic carbocycles. The predicted molar refractivity (Wildman–Crippen MR) is 75.9 cm³/mol. The number of piperazine rings is 1. The predicted octanol–water partition coefficient (Wildman–Crippen LogP) is 2.26. The number of hydrogen-bond acceptors (Lipinski definition) is 3. The van der Waals surface area contributed by atoms with Crippen molar-refractivity contribution in [3.8, 4) is 0 Å². The van der Waals surface area contributed by atoms with Crippen LogP contribution in [0.25, 0.3) is 0 Å². The lowest BCUT2D eigenvalue weighted by Gasteiger charge is -2.48. The van der Waals surface area contributed by atoms with Crippen LogP contribution in [0.2, 0.25) is 0 Å². The summed E-state index contributed by atoms with van der Waals surface area (Å²) in [6, 6.07) is 1.96. The third kappa shape index (κ3) is 3.25. The van der Waals surface area contributed by atoms with Gasteiger partial charge in [0.15, 0.2) is 0 Å². The number of nitrogens with one attached hydrogen (secondary N) is 1. The molecule has 0 amide bonds. The fraction of sp³-hybridized carbons (Fsp3) is 1.00. The first-order valence-corrected chi connectivity index (χ1v) is 7.59. The molecule has 0 spiro atoms. The number of rotatable bonds is 3. The van der Waals surface area contributed by atoms with Gasteiger partial charge < -0.3 is 10.1 Å². The fourth-order valence-electron chi connectivity index (χ4n) is 3.37. The second kappa shape index (κ2) is 5.89. The summed E-state index contributed by atoms with van der Waals surface area (Å²) in [6.45, 7) is 13.6. The molecule has 106 valence electrons. The minimum atomic E-state index is 0.340. The van der Waals surface area contributed by atoms with Crippen molar-refractivity contribution >= 4 is 0 Å². The maximum atomic E-state index is 5.60. The topological polar surface area (TPSA) is 24.5 Å². The minimum Gasteiger partial charge on any atom is -0.380 e. The van der Waals surface area contributed by atoms with Gasteiger partial charge in [-0.05, 0) is 18.3 Å². The molecule has 1 N–H and O–H groups in total. The molecule has 2 heterocycles. The van der Waals surface area contributed by atoms with Gasteiger partial charge in [0.25, 0.3) is 0 Å². The van der Waals surface area contributed by atoms with Gasteiger partial charge in [-0.3, -0.25) is 4.90 Å². The van der Waals surface area contributed by atoms with Crippen molar-refractivity contribution in [1.82, 2.24) is 10.2 Å². The van der Waals surface area contributed by atoms with Gasteiger partial charge in [-0.1, -0.05) is 34.1 Å².